The summed E-state index contributed by atoms with van der Waals surface area (Å²) in [5.74, 6) is 0.962. The lowest BCUT2D eigenvalue weighted by atomic mass is 9.84. The number of ether oxygens (including phenoxy) is 2. The van der Waals surface area contributed by atoms with E-state index in [-0.39, 0.29) is 11.6 Å². The maximum atomic E-state index is 6.15. The fourth-order valence-corrected chi connectivity index (χ4v) is 2.81. The van der Waals surface area contributed by atoms with Gasteiger partial charge < -0.3 is 19.2 Å². The third-order valence-electron chi connectivity index (χ3n) is 3.72. The monoisotopic (exact) mass is 267 g/mol. The van der Waals surface area contributed by atoms with Crippen LogP contribution in [0, 0.1) is 0 Å². The molecule has 1 aromatic heterocycles. The lowest BCUT2D eigenvalue weighted by Gasteiger charge is -2.42. The Morgan fingerprint density at radius 1 is 1.37 bits per heavy atom. The van der Waals surface area contributed by atoms with Crippen molar-refractivity contribution in [3.8, 4) is 0 Å². The van der Waals surface area contributed by atoms with Crippen molar-refractivity contribution in [1.29, 1.82) is 0 Å². The van der Waals surface area contributed by atoms with Crippen molar-refractivity contribution in [3.05, 3.63) is 24.2 Å². The molecule has 0 saturated carbocycles. The molecule has 1 unspecified atom stereocenters. The summed E-state index contributed by atoms with van der Waals surface area (Å²) in [6.45, 7) is 7.40. The highest BCUT2D eigenvalue weighted by molar-refractivity contribution is 5.12. The maximum absolute atomic E-state index is 6.15. The van der Waals surface area contributed by atoms with Gasteiger partial charge in [0.1, 0.15) is 5.76 Å². The third-order valence-corrected chi connectivity index (χ3v) is 3.72. The molecule has 1 saturated heterocycles. The Kier molecular flexibility index (Phi) is 5.43. The zero-order valence-corrected chi connectivity index (χ0v) is 12.0. The Balaban J connectivity index is 2.21. The normalized spacial score (nSPS) is 20.3. The van der Waals surface area contributed by atoms with Gasteiger partial charge in [-0.15, -0.1) is 0 Å². The average molecular weight is 267 g/mol. The summed E-state index contributed by atoms with van der Waals surface area (Å²) >= 11 is 0. The van der Waals surface area contributed by atoms with E-state index in [0.29, 0.717) is 6.61 Å². The molecule has 1 atom stereocenters. The second-order valence-corrected chi connectivity index (χ2v) is 5.01. The van der Waals surface area contributed by atoms with Crippen molar-refractivity contribution in [3.63, 3.8) is 0 Å². The molecule has 0 amide bonds. The summed E-state index contributed by atoms with van der Waals surface area (Å²) in [6, 6.07) is 4.07. The van der Waals surface area contributed by atoms with E-state index >= 15 is 0 Å². The van der Waals surface area contributed by atoms with E-state index in [2.05, 4.69) is 19.2 Å². The first kappa shape index (κ1) is 14.6. The molecule has 108 valence electrons. The first-order valence-electron chi connectivity index (χ1n) is 7.31. The molecule has 0 aromatic carbocycles. The minimum Gasteiger partial charge on any atom is -0.468 e. The zero-order chi connectivity index (χ0) is 13.6. The van der Waals surface area contributed by atoms with E-state index in [0.717, 1.165) is 44.8 Å². The van der Waals surface area contributed by atoms with Crippen molar-refractivity contribution < 1.29 is 13.9 Å². The van der Waals surface area contributed by atoms with Crippen molar-refractivity contribution in [1.82, 2.24) is 5.32 Å². The van der Waals surface area contributed by atoms with Crippen molar-refractivity contribution >= 4 is 0 Å². The second-order valence-electron chi connectivity index (χ2n) is 5.01. The lowest BCUT2D eigenvalue weighted by Crippen LogP contribution is -2.50. The van der Waals surface area contributed by atoms with E-state index in [1.54, 1.807) is 6.26 Å². The molecule has 1 N–H and O–H groups in total. The van der Waals surface area contributed by atoms with Gasteiger partial charge in [-0.2, -0.15) is 0 Å². The maximum Gasteiger partial charge on any atom is 0.123 e. The fourth-order valence-electron chi connectivity index (χ4n) is 2.81. The van der Waals surface area contributed by atoms with Crippen LogP contribution >= 0.6 is 0 Å². The lowest BCUT2D eigenvalue weighted by molar-refractivity contribution is -0.131. The number of hydrogen-bond donors (Lipinski definition) is 1. The predicted octanol–water partition coefficient (Wildman–Crippen LogP) is 2.91. The quantitative estimate of drug-likeness (QED) is 0.825. The van der Waals surface area contributed by atoms with Crippen LogP contribution in [0.3, 0.4) is 0 Å². The molecular weight excluding hydrogens is 242 g/mol. The summed E-state index contributed by atoms with van der Waals surface area (Å²) < 4.78 is 17.3. The standard InChI is InChI=1S/C15H25NO3/c1-3-9-16-14(13-6-5-10-18-13)15(19-4-2)7-11-17-12-8-15/h5-6,10,14,16H,3-4,7-9,11-12H2,1-2H3. The predicted molar refractivity (Wildman–Crippen MR) is 74.2 cm³/mol. The molecule has 0 bridgehead atoms. The number of furan rings is 1. The van der Waals surface area contributed by atoms with Gasteiger partial charge in [0.2, 0.25) is 0 Å². The Bertz CT molecular complexity index is 339. The Morgan fingerprint density at radius 3 is 2.74 bits per heavy atom. The molecular formula is C15H25NO3. The Morgan fingerprint density at radius 2 is 2.16 bits per heavy atom. The number of nitrogens with one attached hydrogen (secondary N) is 1. The first-order chi connectivity index (χ1) is 9.32. The molecule has 1 fully saturated rings. The van der Waals surface area contributed by atoms with Gasteiger partial charge in [0, 0.05) is 32.7 Å². The van der Waals surface area contributed by atoms with Crippen molar-refractivity contribution in [2.75, 3.05) is 26.4 Å². The third kappa shape index (κ3) is 3.38. The van der Waals surface area contributed by atoms with Gasteiger partial charge in [0.05, 0.1) is 17.9 Å². The molecule has 2 heterocycles. The molecule has 4 heteroatoms. The highest BCUT2D eigenvalue weighted by Crippen LogP contribution is 2.38. The highest BCUT2D eigenvalue weighted by Gasteiger charge is 2.43. The van der Waals surface area contributed by atoms with E-state index in [9.17, 15) is 0 Å². The molecule has 0 aliphatic carbocycles. The van der Waals surface area contributed by atoms with Gasteiger partial charge in [-0.1, -0.05) is 6.92 Å². The van der Waals surface area contributed by atoms with E-state index < -0.39 is 0 Å². The van der Waals surface area contributed by atoms with Crippen LogP contribution in [0.1, 0.15) is 44.9 Å². The molecule has 0 radical (unpaired) electrons. The summed E-state index contributed by atoms with van der Waals surface area (Å²) in [4.78, 5) is 0. The summed E-state index contributed by atoms with van der Waals surface area (Å²) in [7, 11) is 0. The molecule has 19 heavy (non-hydrogen) atoms. The van der Waals surface area contributed by atoms with Crippen LogP contribution in [0.4, 0.5) is 0 Å². The zero-order valence-electron chi connectivity index (χ0n) is 12.0. The van der Waals surface area contributed by atoms with E-state index in [1.807, 2.05) is 12.1 Å². The second kappa shape index (κ2) is 7.08. The van der Waals surface area contributed by atoms with Gasteiger partial charge in [-0.05, 0) is 32.0 Å². The smallest absolute Gasteiger partial charge is 0.123 e. The van der Waals surface area contributed by atoms with Crippen LogP contribution in [0.2, 0.25) is 0 Å². The Labute approximate surface area is 115 Å². The summed E-state index contributed by atoms with van der Waals surface area (Å²) in [6.07, 6.45) is 4.64. The SMILES string of the molecule is CCCNC(c1ccco1)C1(OCC)CCOCC1. The minimum atomic E-state index is -0.208. The Hall–Kier alpha value is -0.840. The molecule has 0 spiro atoms. The van der Waals surface area contributed by atoms with Crippen LogP contribution in [-0.2, 0) is 9.47 Å². The van der Waals surface area contributed by atoms with Crippen LogP contribution in [0.5, 0.6) is 0 Å². The van der Waals surface area contributed by atoms with Crippen molar-refractivity contribution in [2.45, 2.75) is 44.8 Å². The molecule has 4 nitrogen and oxygen atoms in total. The summed E-state index contributed by atoms with van der Waals surface area (Å²) in [5.41, 5.74) is -0.208. The van der Waals surface area contributed by atoms with Crippen LogP contribution in [0.25, 0.3) is 0 Å². The number of hydrogen-bond acceptors (Lipinski definition) is 4. The van der Waals surface area contributed by atoms with Gasteiger partial charge in [0.15, 0.2) is 0 Å². The fraction of sp³-hybridized carbons (Fsp3) is 0.733. The molecule has 2 rings (SSSR count). The van der Waals surface area contributed by atoms with Crippen LogP contribution < -0.4 is 5.32 Å². The average Bonchev–Trinajstić information content (AvgIpc) is 2.94. The van der Waals surface area contributed by atoms with Gasteiger partial charge in [-0.25, -0.2) is 0 Å². The van der Waals surface area contributed by atoms with Crippen LogP contribution in [-0.4, -0.2) is 32.0 Å². The summed E-state index contributed by atoms with van der Waals surface area (Å²) in [5, 5.41) is 3.59. The van der Waals surface area contributed by atoms with Gasteiger partial charge >= 0.3 is 0 Å². The van der Waals surface area contributed by atoms with E-state index in [1.165, 1.54) is 0 Å². The van der Waals surface area contributed by atoms with Crippen LogP contribution in [0.15, 0.2) is 22.8 Å². The van der Waals surface area contributed by atoms with Gasteiger partial charge in [-0.3, -0.25) is 0 Å². The largest absolute Gasteiger partial charge is 0.468 e. The number of rotatable bonds is 7. The topological polar surface area (TPSA) is 43.6 Å². The molecule has 1 aliphatic heterocycles. The van der Waals surface area contributed by atoms with Crippen molar-refractivity contribution in [2.24, 2.45) is 0 Å². The molecule has 1 aromatic rings. The minimum absolute atomic E-state index is 0.103. The molecule has 1 aliphatic rings. The van der Waals surface area contributed by atoms with E-state index in [4.69, 9.17) is 13.9 Å². The van der Waals surface area contributed by atoms with Gasteiger partial charge in [0.25, 0.3) is 0 Å². The first-order valence-corrected chi connectivity index (χ1v) is 7.31. The highest BCUT2D eigenvalue weighted by atomic mass is 16.5.